The molecule has 0 spiro atoms. The molecule has 0 heterocycles. The number of halogens is 3. The molecule has 0 rings (SSSR count). The molecule has 0 N–H and O–H groups in total. The summed E-state index contributed by atoms with van der Waals surface area (Å²) in [7, 11) is -3.42. The minimum Gasteiger partial charge on any atom is -0.531 e. The van der Waals surface area contributed by atoms with E-state index in [-0.39, 0.29) is 0 Å². The lowest BCUT2D eigenvalue weighted by Crippen LogP contribution is -2.33. The van der Waals surface area contributed by atoms with Gasteiger partial charge in [-0.1, -0.05) is 27.7 Å². The van der Waals surface area contributed by atoms with Crippen molar-refractivity contribution in [2.75, 3.05) is 0 Å². The first-order valence-corrected chi connectivity index (χ1v) is 10.5. The SMILES string of the molecule is CC[SiH](CC)N=C(O[SiH](CC)CC)C(F)(F)F. The highest BCUT2D eigenvalue weighted by Gasteiger charge is 2.39. The fourth-order valence-corrected chi connectivity index (χ4v) is 4.44. The van der Waals surface area contributed by atoms with Gasteiger partial charge in [-0.3, -0.25) is 4.66 Å². The van der Waals surface area contributed by atoms with Crippen LogP contribution in [-0.4, -0.2) is 30.1 Å². The van der Waals surface area contributed by atoms with E-state index in [4.69, 9.17) is 4.43 Å². The Hall–Kier alpha value is -0.306. The lowest BCUT2D eigenvalue weighted by Gasteiger charge is -2.20. The summed E-state index contributed by atoms with van der Waals surface area (Å²) in [6.07, 6.45) is -4.43. The second kappa shape index (κ2) is 7.91. The van der Waals surface area contributed by atoms with Gasteiger partial charge in [-0.05, 0) is 24.2 Å². The maximum absolute atomic E-state index is 12.8. The summed E-state index contributed by atoms with van der Waals surface area (Å²) < 4.78 is 47.3. The first kappa shape index (κ1) is 16.7. The lowest BCUT2D eigenvalue weighted by atomic mass is 10.7. The minimum atomic E-state index is -4.43. The van der Waals surface area contributed by atoms with Gasteiger partial charge in [0.05, 0.1) is 0 Å². The van der Waals surface area contributed by atoms with Crippen LogP contribution in [0.5, 0.6) is 0 Å². The predicted octanol–water partition coefficient (Wildman–Crippen LogP) is 3.49. The van der Waals surface area contributed by atoms with E-state index in [1.807, 2.05) is 27.7 Å². The third-order valence-corrected chi connectivity index (χ3v) is 7.54. The Balaban J connectivity index is 4.88. The summed E-state index contributed by atoms with van der Waals surface area (Å²) in [5, 5.41) is 0. The van der Waals surface area contributed by atoms with Crippen molar-refractivity contribution in [1.29, 1.82) is 0 Å². The van der Waals surface area contributed by atoms with Crippen molar-refractivity contribution in [3.8, 4) is 0 Å². The average Bonchev–Trinajstić information content (AvgIpc) is 2.28. The molecule has 2 nitrogen and oxygen atoms in total. The zero-order chi connectivity index (χ0) is 13.5. The van der Waals surface area contributed by atoms with Crippen molar-refractivity contribution < 1.29 is 17.6 Å². The Morgan fingerprint density at radius 3 is 1.76 bits per heavy atom. The van der Waals surface area contributed by atoms with Crippen molar-refractivity contribution in [2.45, 2.75) is 58.0 Å². The zero-order valence-electron chi connectivity index (χ0n) is 11.0. The summed E-state index contributed by atoms with van der Waals surface area (Å²) in [4.78, 5) is 0. The molecule has 0 unspecified atom stereocenters. The first-order chi connectivity index (χ1) is 7.88. The van der Waals surface area contributed by atoms with E-state index in [0.717, 1.165) is 12.1 Å². The molecule has 17 heavy (non-hydrogen) atoms. The van der Waals surface area contributed by atoms with Crippen LogP contribution in [0.2, 0.25) is 24.2 Å². The summed E-state index contributed by atoms with van der Waals surface area (Å²) in [6.45, 7) is 7.55. The van der Waals surface area contributed by atoms with E-state index in [1.54, 1.807) is 0 Å². The number of alkyl halides is 3. The van der Waals surface area contributed by atoms with Gasteiger partial charge in [0.25, 0.3) is 5.90 Å². The summed E-state index contributed by atoms with van der Waals surface area (Å²) in [5.41, 5.74) is 0. The maximum Gasteiger partial charge on any atom is 0.465 e. The van der Waals surface area contributed by atoms with E-state index in [9.17, 15) is 13.2 Å². The van der Waals surface area contributed by atoms with Gasteiger partial charge in [-0.2, -0.15) is 13.2 Å². The standard InChI is InChI=1S/C10H22F3NOSi2/c1-5-16(6-2)14-9(10(11,12)13)15-17(7-3)8-4/h16-17H,5-8H2,1-4H3. The topological polar surface area (TPSA) is 21.6 Å². The second-order valence-corrected chi connectivity index (χ2v) is 10.3. The van der Waals surface area contributed by atoms with Gasteiger partial charge < -0.3 is 4.43 Å². The van der Waals surface area contributed by atoms with Gasteiger partial charge in [-0.15, -0.1) is 0 Å². The fourth-order valence-electron chi connectivity index (χ4n) is 1.42. The minimum absolute atomic E-state index is 0.704. The molecular weight excluding hydrogens is 263 g/mol. The van der Waals surface area contributed by atoms with Gasteiger partial charge in [-0.25, -0.2) is 0 Å². The summed E-state index contributed by atoms with van der Waals surface area (Å²) in [5.74, 6) is -0.946. The number of hydrogen-bond donors (Lipinski definition) is 0. The molecular formula is C10H22F3NOSi2. The third kappa shape index (κ3) is 6.25. The lowest BCUT2D eigenvalue weighted by molar-refractivity contribution is -0.0710. The summed E-state index contributed by atoms with van der Waals surface area (Å²) in [6, 6.07) is 2.89. The van der Waals surface area contributed by atoms with Crippen LogP contribution in [0.15, 0.2) is 4.66 Å². The van der Waals surface area contributed by atoms with E-state index in [0.29, 0.717) is 12.1 Å². The maximum atomic E-state index is 12.8. The quantitative estimate of drug-likeness (QED) is 0.416. The molecule has 0 aliphatic carbocycles. The molecule has 7 heteroatoms. The molecule has 0 atom stereocenters. The van der Waals surface area contributed by atoms with Gasteiger partial charge in [0, 0.05) is 0 Å². The molecule has 0 aromatic rings. The van der Waals surface area contributed by atoms with Gasteiger partial charge >= 0.3 is 6.18 Å². The van der Waals surface area contributed by atoms with Gasteiger partial charge in [0.1, 0.15) is 0 Å². The molecule has 0 saturated carbocycles. The Labute approximate surface area is 105 Å². The smallest absolute Gasteiger partial charge is 0.465 e. The molecule has 0 radical (unpaired) electrons. The largest absolute Gasteiger partial charge is 0.531 e. The van der Waals surface area contributed by atoms with E-state index < -0.39 is 30.1 Å². The van der Waals surface area contributed by atoms with E-state index in [1.165, 1.54) is 0 Å². The molecule has 0 bridgehead atoms. The number of nitrogens with zero attached hydrogens (tertiary/aromatic N) is 1. The Bertz CT molecular complexity index is 238. The van der Waals surface area contributed by atoms with Gasteiger partial charge in [0.15, 0.2) is 8.96 Å². The average molecular weight is 285 g/mol. The molecule has 0 saturated heterocycles. The fraction of sp³-hybridized carbons (Fsp3) is 0.900. The van der Waals surface area contributed by atoms with Crippen LogP contribution in [0.25, 0.3) is 0 Å². The monoisotopic (exact) mass is 285 g/mol. The first-order valence-electron chi connectivity index (χ1n) is 6.20. The Morgan fingerprint density at radius 2 is 1.47 bits per heavy atom. The van der Waals surface area contributed by atoms with Crippen molar-refractivity contribution in [2.24, 2.45) is 4.66 Å². The molecule has 0 aliphatic rings. The third-order valence-electron chi connectivity index (χ3n) is 2.67. The molecule has 0 aromatic carbocycles. The van der Waals surface area contributed by atoms with Crippen LogP contribution in [-0.2, 0) is 4.43 Å². The Kier molecular flexibility index (Phi) is 7.77. The van der Waals surface area contributed by atoms with Crippen molar-refractivity contribution >= 4 is 23.9 Å². The van der Waals surface area contributed by atoms with Crippen molar-refractivity contribution in [3.63, 3.8) is 0 Å². The number of hydrogen-bond acceptors (Lipinski definition) is 2. The van der Waals surface area contributed by atoms with Crippen LogP contribution >= 0.6 is 0 Å². The normalized spacial score (nSPS) is 13.6. The van der Waals surface area contributed by atoms with E-state index in [2.05, 4.69) is 4.66 Å². The molecule has 0 amide bonds. The van der Waals surface area contributed by atoms with Crippen LogP contribution in [0, 0.1) is 0 Å². The molecule has 0 fully saturated rings. The highest BCUT2D eigenvalue weighted by atomic mass is 28.3. The van der Waals surface area contributed by atoms with Crippen LogP contribution in [0.1, 0.15) is 27.7 Å². The molecule has 102 valence electrons. The zero-order valence-corrected chi connectivity index (χ0v) is 13.3. The second-order valence-electron chi connectivity index (χ2n) is 3.96. The predicted molar refractivity (Wildman–Crippen MR) is 70.8 cm³/mol. The molecule has 0 aliphatic heterocycles. The summed E-state index contributed by atoms with van der Waals surface area (Å²) >= 11 is 0. The van der Waals surface area contributed by atoms with Crippen LogP contribution in [0.3, 0.4) is 0 Å². The highest BCUT2D eigenvalue weighted by Crippen LogP contribution is 2.21. The number of rotatable bonds is 6. The van der Waals surface area contributed by atoms with Crippen molar-refractivity contribution in [3.05, 3.63) is 0 Å². The van der Waals surface area contributed by atoms with Crippen LogP contribution in [0.4, 0.5) is 13.2 Å². The van der Waals surface area contributed by atoms with E-state index >= 15 is 0 Å². The van der Waals surface area contributed by atoms with Crippen molar-refractivity contribution in [1.82, 2.24) is 0 Å². The Morgan fingerprint density at radius 1 is 1.00 bits per heavy atom. The van der Waals surface area contributed by atoms with Gasteiger partial charge in [0.2, 0.25) is 9.04 Å². The molecule has 0 aromatic heterocycles. The highest BCUT2D eigenvalue weighted by molar-refractivity contribution is 6.59. The van der Waals surface area contributed by atoms with Crippen LogP contribution < -0.4 is 0 Å².